The molecule has 0 saturated carbocycles. The lowest BCUT2D eigenvalue weighted by Crippen LogP contribution is -2.10. The van der Waals surface area contributed by atoms with Gasteiger partial charge in [-0.1, -0.05) is 19.1 Å². The summed E-state index contributed by atoms with van der Waals surface area (Å²) < 4.78 is 10.1. The van der Waals surface area contributed by atoms with E-state index >= 15 is 0 Å². The molecule has 1 aromatic rings. The average molecular weight is 222 g/mol. The van der Waals surface area contributed by atoms with E-state index in [1.807, 2.05) is 19.1 Å². The summed E-state index contributed by atoms with van der Waals surface area (Å²) in [6, 6.07) is 7.47. The number of rotatable bonds is 6. The van der Waals surface area contributed by atoms with E-state index in [-0.39, 0.29) is 5.97 Å². The van der Waals surface area contributed by atoms with Crippen molar-refractivity contribution in [3.05, 3.63) is 35.4 Å². The van der Waals surface area contributed by atoms with Gasteiger partial charge in [0, 0.05) is 6.61 Å². The number of ether oxygens (including phenoxy) is 2. The van der Waals surface area contributed by atoms with E-state index in [4.69, 9.17) is 9.47 Å². The standard InChI is InChI=1S/C13H18O3/c1-3-11-5-7-12(8-6-11)13(14)16-10-9-15-4-2/h5-8H,3-4,9-10H2,1-2H3. The Bertz CT molecular complexity index is 316. The molecule has 16 heavy (non-hydrogen) atoms. The number of hydrogen-bond donors (Lipinski definition) is 0. The molecule has 0 saturated heterocycles. The molecule has 0 unspecified atom stereocenters. The zero-order valence-electron chi connectivity index (χ0n) is 9.86. The molecule has 0 aromatic heterocycles. The Labute approximate surface area is 96.4 Å². The molecule has 0 heterocycles. The molecule has 0 amide bonds. The molecule has 0 fully saturated rings. The second-order valence-corrected chi connectivity index (χ2v) is 3.38. The van der Waals surface area contributed by atoms with Gasteiger partial charge >= 0.3 is 5.97 Å². The van der Waals surface area contributed by atoms with E-state index in [1.165, 1.54) is 5.56 Å². The largest absolute Gasteiger partial charge is 0.460 e. The topological polar surface area (TPSA) is 35.5 Å². The van der Waals surface area contributed by atoms with Crippen LogP contribution in [0.25, 0.3) is 0 Å². The van der Waals surface area contributed by atoms with E-state index in [0.29, 0.717) is 25.4 Å². The van der Waals surface area contributed by atoms with Crippen molar-refractivity contribution >= 4 is 5.97 Å². The minimum absolute atomic E-state index is 0.289. The van der Waals surface area contributed by atoms with Crippen LogP contribution in [0.4, 0.5) is 0 Å². The molecule has 1 aromatic carbocycles. The number of carbonyl (C=O) groups excluding carboxylic acids is 1. The fourth-order valence-corrected chi connectivity index (χ4v) is 1.30. The molecule has 0 aliphatic carbocycles. The summed E-state index contributed by atoms with van der Waals surface area (Å²) in [5.74, 6) is -0.289. The Morgan fingerprint density at radius 3 is 2.38 bits per heavy atom. The minimum Gasteiger partial charge on any atom is -0.460 e. The Morgan fingerprint density at radius 1 is 1.12 bits per heavy atom. The van der Waals surface area contributed by atoms with Crippen LogP contribution in [-0.4, -0.2) is 25.8 Å². The molecular formula is C13H18O3. The summed E-state index contributed by atoms with van der Waals surface area (Å²) in [4.78, 5) is 11.5. The summed E-state index contributed by atoms with van der Waals surface area (Å²) in [7, 11) is 0. The second kappa shape index (κ2) is 7.01. The van der Waals surface area contributed by atoms with Crippen LogP contribution in [0.2, 0.25) is 0 Å². The highest BCUT2D eigenvalue weighted by Crippen LogP contribution is 2.06. The van der Waals surface area contributed by atoms with Gasteiger partial charge in [0.1, 0.15) is 6.61 Å². The normalized spacial score (nSPS) is 10.1. The molecule has 0 spiro atoms. The van der Waals surface area contributed by atoms with Crippen LogP contribution in [0.5, 0.6) is 0 Å². The molecule has 0 radical (unpaired) electrons. The molecule has 0 atom stereocenters. The summed E-state index contributed by atoms with van der Waals surface area (Å²) in [5, 5.41) is 0. The van der Waals surface area contributed by atoms with Crippen LogP contribution in [0.15, 0.2) is 24.3 Å². The van der Waals surface area contributed by atoms with E-state index in [1.54, 1.807) is 12.1 Å². The maximum absolute atomic E-state index is 11.5. The summed E-state index contributed by atoms with van der Waals surface area (Å²) in [6.07, 6.45) is 0.972. The van der Waals surface area contributed by atoms with Gasteiger partial charge in [0.05, 0.1) is 12.2 Å². The minimum atomic E-state index is -0.289. The molecule has 3 nitrogen and oxygen atoms in total. The molecule has 0 bridgehead atoms. The van der Waals surface area contributed by atoms with Crippen molar-refractivity contribution in [1.29, 1.82) is 0 Å². The number of hydrogen-bond acceptors (Lipinski definition) is 3. The second-order valence-electron chi connectivity index (χ2n) is 3.38. The summed E-state index contributed by atoms with van der Waals surface area (Å²) >= 11 is 0. The van der Waals surface area contributed by atoms with Crippen molar-refractivity contribution < 1.29 is 14.3 Å². The van der Waals surface area contributed by atoms with Crippen LogP contribution < -0.4 is 0 Å². The maximum atomic E-state index is 11.5. The van der Waals surface area contributed by atoms with Gasteiger partial charge < -0.3 is 9.47 Å². The van der Waals surface area contributed by atoms with Gasteiger partial charge in [-0.15, -0.1) is 0 Å². The quantitative estimate of drug-likeness (QED) is 0.548. The van der Waals surface area contributed by atoms with Gasteiger partial charge in [-0.05, 0) is 31.0 Å². The lowest BCUT2D eigenvalue weighted by atomic mass is 10.1. The van der Waals surface area contributed by atoms with Gasteiger partial charge in [0.25, 0.3) is 0 Å². The molecule has 0 aliphatic rings. The number of carbonyl (C=O) groups is 1. The van der Waals surface area contributed by atoms with Crippen LogP contribution in [0.1, 0.15) is 29.8 Å². The smallest absolute Gasteiger partial charge is 0.338 e. The average Bonchev–Trinajstić information content (AvgIpc) is 2.34. The van der Waals surface area contributed by atoms with Crippen molar-refractivity contribution in [2.75, 3.05) is 19.8 Å². The third-order valence-electron chi connectivity index (χ3n) is 2.26. The molecule has 0 aliphatic heterocycles. The monoisotopic (exact) mass is 222 g/mol. The zero-order valence-corrected chi connectivity index (χ0v) is 9.86. The van der Waals surface area contributed by atoms with Gasteiger partial charge in [-0.3, -0.25) is 0 Å². The highest BCUT2D eigenvalue weighted by Gasteiger charge is 2.05. The first-order valence-corrected chi connectivity index (χ1v) is 5.61. The van der Waals surface area contributed by atoms with Crippen molar-refractivity contribution in [1.82, 2.24) is 0 Å². The van der Waals surface area contributed by atoms with Gasteiger partial charge in [-0.2, -0.15) is 0 Å². The maximum Gasteiger partial charge on any atom is 0.338 e. The van der Waals surface area contributed by atoms with Crippen LogP contribution in [0, 0.1) is 0 Å². The predicted octanol–water partition coefficient (Wildman–Crippen LogP) is 2.44. The first-order valence-electron chi connectivity index (χ1n) is 5.61. The molecule has 1 rings (SSSR count). The van der Waals surface area contributed by atoms with E-state index in [9.17, 15) is 4.79 Å². The fourth-order valence-electron chi connectivity index (χ4n) is 1.30. The van der Waals surface area contributed by atoms with E-state index < -0.39 is 0 Å². The fraction of sp³-hybridized carbons (Fsp3) is 0.462. The molecule has 0 N–H and O–H groups in total. The highest BCUT2D eigenvalue weighted by molar-refractivity contribution is 5.89. The van der Waals surface area contributed by atoms with Crippen molar-refractivity contribution in [2.45, 2.75) is 20.3 Å². The van der Waals surface area contributed by atoms with Crippen molar-refractivity contribution in [3.8, 4) is 0 Å². The summed E-state index contributed by atoms with van der Waals surface area (Å²) in [5.41, 5.74) is 1.81. The first kappa shape index (κ1) is 12.7. The number of aryl methyl sites for hydroxylation is 1. The third-order valence-corrected chi connectivity index (χ3v) is 2.26. The Balaban J connectivity index is 2.40. The summed E-state index contributed by atoms with van der Waals surface area (Å²) in [6.45, 7) is 5.39. The predicted molar refractivity (Wildman–Crippen MR) is 62.6 cm³/mol. The molecular weight excluding hydrogens is 204 g/mol. The Morgan fingerprint density at radius 2 is 1.81 bits per heavy atom. The van der Waals surface area contributed by atoms with E-state index in [0.717, 1.165) is 6.42 Å². The highest BCUT2D eigenvalue weighted by atomic mass is 16.6. The zero-order chi connectivity index (χ0) is 11.8. The third kappa shape index (κ3) is 4.03. The first-order chi connectivity index (χ1) is 7.77. The Hall–Kier alpha value is -1.35. The van der Waals surface area contributed by atoms with Crippen molar-refractivity contribution in [2.24, 2.45) is 0 Å². The lowest BCUT2D eigenvalue weighted by Gasteiger charge is -2.05. The van der Waals surface area contributed by atoms with Gasteiger partial charge in [0.2, 0.25) is 0 Å². The van der Waals surface area contributed by atoms with Gasteiger partial charge in [0.15, 0.2) is 0 Å². The number of esters is 1. The molecule has 88 valence electrons. The Kier molecular flexibility index (Phi) is 5.57. The van der Waals surface area contributed by atoms with Crippen molar-refractivity contribution in [3.63, 3.8) is 0 Å². The number of benzene rings is 1. The van der Waals surface area contributed by atoms with Crippen LogP contribution in [-0.2, 0) is 15.9 Å². The van der Waals surface area contributed by atoms with Gasteiger partial charge in [-0.25, -0.2) is 4.79 Å². The molecule has 3 heteroatoms. The van der Waals surface area contributed by atoms with Crippen LogP contribution in [0.3, 0.4) is 0 Å². The van der Waals surface area contributed by atoms with E-state index in [2.05, 4.69) is 6.92 Å². The SMILES string of the molecule is CCOCCOC(=O)c1ccc(CC)cc1. The lowest BCUT2D eigenvalue weighted by molar-refractivity contribution is 0.0335. The van der Waals surface area contributed by atoms with Crippen LogP contribution >= 0.6 is 0 Å².